The van der Waals surface area contributed by atoms with Crippen LogP contribution in [-0.4, -0.2) is 11.3 Å². The summed E-state index contributed by atoms with van der Waals surface area (Å²) in [5.74, 6) is -1.26. The van der Waals surface area contributed by atoms with Crippen LogP contribution in [0.5, 0.6) is 0 Å². The van der Waals surface area contributed by atoms with E-state index >= 15 is 0 Å². The second-order valence-corrected chi connectivity index (χ2v) is 6.17. The number of carboxylic acid groups (broad SMARTS) is 1. The molecule has 0 aliphatic heterocycles. The number of hydrogen-bond acceptors (Lipinski definition) is 2. The third kappa shape index (κ3) is 4.57. The first-order valence-corrected chi connectivity index (χ1v) is 8.58. The maximum Gasteiger partial charge on any atom is 0.0445 e. The molecule has 21 heavy (non-hydrogen) atoms. The number of alkyl halides is 1. The maximum absolute atomic E-state index is 11.3. The number of unbranched alkanes of at least 4 members (excludes halogenated alkanes) is 1. The minimum atomic E-state index is -0.912. The molecule has 0 bridgehead atoms. The summed E-state index contributed by atoms with van der Waals surface area (Å²) in [5.41, 5.74) is 1.22. The predicted octanol–water partition coefficient (Wildman–Crippen LogP) is 3.70. The average molecular weight is 348 g/mol. The molecule has 1 unspecified atom stereocenters. The van der Waals surface area contributed by atoms with Gasteiger partial charge >= 0.3 is 0 Å². The fourth-order valence-corrected chi connectivity index (χ4v) is 3.10. The lowest BCUT2D eigenvalue weighted by Gasteiger charge is -2.18. The van der Waals surface area contributed by atoms with E-state index in [-0.39, 0.29) is 5.92 Å². The third-order valence-electron chi connectivity index (χ3n) is 3.91. The second kappa shape index (κ2) is 8.18. The van der Waals surface area contributed by atoms with Crippen LogP contribution in [0.15, 0.2) is 42.5 Å². The molecule has 3 heteroatoms. The standard InChI is InChI=1S/C18H21BrO2/c19-13-4-3-7-16(18(20)21)12-11-15-9-5-8-14-6-1-2-10-17(14)15/h1-2,5-6,8-10,16H,3-4,7,11-13H2,(H,20,21)/p-1. The lowest BCUT2D eigenvalue weighted by atomic mass is 9.92. The van der Waals surface area contributed by atoms with Gasteiger partial charge in [0.25, 0.3) is 0 Å². The van der Waals surface area contributed by atoms with Gasteiger partial charge in [-0.25, -0.2) is 0 Å². The van der Waals surface area contributed by atoms with E-state index in [0.29, 0.717) is 12.8 Å². The molecule has 2 nitrogen and oxygen atoms in total. The van der Waals surface area contributed by atoms with Gasteiger partial charge in [-0.2, -0.15) is 0 Å². The van der Waals surface area contributed by atoms with Crippen LogP contribution in [0.3, 0.4) is 0 Å². The Bertz CT molecular complexity index is 589. The molecule has 0 heterocycles. The number of aryl methyl sites for hydroxylation is 1. The van der Waals surface area contributed by atoms with Crippen molar-refractivity contribution in [3.05, 3.63) is 48.0 Å². The van der Waals surface area contributed by atoms with Crippen molar-refractivity contribution in [2.24, 2.45) is 5.92 Å². The molecule has 2 aromatic carbocycles. The lowest BCUT2D eigenvalue weighted by Crippen LogP contribution is -2.31. The minimum Gasteiger partial charge on any atom is -0.550 e. The van der Waals surface area contributed by atoms with E-state index in [4.69, 9.17) is 0 Å². The largest absolute Gasteiger partial charge is 0.550 e. The predicted molar refractivity (Wildman–Crippen MR) is 88.4 cm³/mol. The lowest BCUT2D eigenvalue weighted by molar-refractivity contribution is -0.312. The number of aliphatic carboxylic acids is 1. The molecule has 0 radical (unpaired) electrons. The number of hydrogen-bond donors (Lipinski definition) is 0. The van der Waals surface area contributed by atoms with Gasteiger partial charge in [-0.05, 0) is 47.9 Å². The van der Waals surface area contributed by atoms with Crippen molar-refractivity contribution < 1.29 is 9.90 Å². The Kier molecular flexibility index (Phi) is 6.24. The molecule has 0 saturated carbocycles. The van der Waals surface area contributed by atoms with E-state index in [2.05, 4.69) is 40.2 Å². The first-order valence-electron chi connectivity index (χ1n) is 7.46. The maximum atomic E-state index is 11.3. The summed E-state index contributed by atoms with van der Waals surface area (Å²) in [6.07, 6.45) is 4.09. The Balaban J connectivity index is 2.03. The number of carboxylic acids is 1. The molecule has 112 valence electrons. The molecule has 0 aromatic heterocycles. The molecular formula is C18H20BrO2-. The third-order valence-corrected chi connectivity index (χ3v) is 4.47. The van der Waals surface area contributed by atoms with E-state index in [9.17, 15) is 9.90 Å². The fraction of sp³-hybridized carbons (Fsp3) is 0.389. The number of carbonyl (C=O) groups excluding carboxylic acids is 1. The first kappa shape index (κ1) is 16.0. The molecule has 0 spiro atoms. The van der Waals surface area contributed by atoms with Gasteiger partial charge in [-0.1, -0.05) is 64.8 Å². The zero-order valence-electron chi connectivity index (χ0n) is 12.1. The number of carbonyl (C=O) groups is 1. The van der Waals surface area contributed by atoms with Crippen molar-refractivity contribution >= 4 is 32.7 Å². The van der Waals surface area contributed by atoms with Gasteiger partial charge in [0.2, 0.25) is 0 Å². The van der Waals surface area contributed by atoms with Crippen molar-refractivity contribution in [1.82, 2.24) is 0 Å². The van der Waals surface area contributed by atoms with Crippen LogP contribution >= 0.6 is 15.9 Å². The normalized spacial score (nSPS) is 12.4. The van der Waals surface area contributed by atoms with Crippen molar-refractivity contribution in [2.45, 2.75) is 32.1 Å². The van der Waals surface area contributed by atoms with Gasteiger partial charge in [0.05, 0.1) is 0 Å². The summed E-state index contributed by atoms with van der Waals surface area (Å²) in [7, 11) is 0. The van der Waals surface area contributed by atoms with Gasteiger partial charge in [0.1, 0.15) is 0 Å². The fourth-order valence-electron chi connectivity index (χ4n) is 2.71. The Labute approximate surface area is 134 Å². The minimum absolute atomic E-state index is 0.344. The molecule has 0 saturated heterocycles. The first-order chi connectivity index (χ1) is 10.2. The summed E-state index contributed by atoms with van der Waals surface area (Å²) in [4.78, 5) is 11.3. The zero-order chi connectivity index (χ0) is 15.1. The van der Waals surface area contributed by atoms with E-state index < -0.39 is 5.97 Å². The van der Waals surface area contributed by atoms with Gasteiger partial charge in [-0.3, -0.25) is 0 Å². The Morgan fingerprint density at radius 1 is 1.05 bits per heavy atom. The number of halogens is 1. The van der Waals surface area contributed by atoms with Gasteiger partial charge in [-0.15, -0.1) is 0 Å². The Morgan fingerprint density at radius 3 is 2.57 bits per heavy atom. The van der Waals surface area contributed by atoms with E-state index in [0.717, 1.165) is 24.6 Å². The molecule has 2 rings (SSSR count). The van der Waals surface area contributed by atoms with Crippen LogP contribution < -0.4 is 5.11 Å². The highest BCUT2D eigenvalue weighted by Crippen LogP contribution is 2.22. The van der Waals surface area contributed by atoms with Gasteiger partial charge in [0.15, 0.2) is 0 Å². The summed E-state index contributed by atoms with van der Waals surface area (Å²) in [6, 6.07) is 14.5. The van der Waals surface area contributed by atoms with Crippen LogP contribution in [-0.2, 0) is 11.2 Å². The second-order valence-electron chi connectivity index (χ2n) is 5.38. The SMILES string of the molecule is O=C([O-])C(CCCCBr)CCc1cccc2ccccc12. The van der Waals surface area contributed by atoms with Crippen LogP contribution in [0.25, 0.3) is 10.8 Å². The van der Waals surface area contributed by atoms with Crippen molar-refractivity contribution in [2.75, 3.05) is 5.33 Å². The summed E-state index contributed by atoms with van der Waals surface area (Å²) >= 11 is 3.38. The highest BCUT2D eigenvalue weighted by molar-refractivity contribution is 9.09. The molecule has 0 fully saturated rings. The van der Waals surface area contributed by atoms with Crippen LogP contribution in [0, 0.1) is 5.92 Å². The molecule has 0 aliphatic carbocycles. The molecule has 1 atom stereocenters. The highest BCUT2D eigenvalue weighted by atomic mass is 79.9. The quantitative estimate of drug-likeness (QED) is 0.539. The summed E-state index contributed by atoms with van der Waals surface area (Å²) < 4.78 is 0. The number of benzene rings is 2. The van der Waals surface area contributed by atoms with Crippen LogP contribution in [0.1, 0.15) is 31.2 Å². The monoisotopic (exact) mass is 347 g/mol. The Morgan fingerprint density at radius 2 is 1.81 bits per heavy atom. The number of fused-ring (bicyclic) bond motifs is 1. The molecule has 2 aromatic rings. The zero-order valence-corrected chi connectivity index (χ0v) is 13.6. The van der Waals surface area contributed by atoms with E-state index in [1.54, 1.807) is 0 Å². The topological polar surface area (TPSA) is 40.1 Å². The van der Waals surface area contributed by atoms with Crippen molar-refractivity contribution in [3.63, 3.8) is 0 Å². The van der Waals surface area contributed by atoms with Crippen LogP contribution in [0.4, 0.5) is 0 Å². The molecule has 0 N–H and O–H groups in total. The molecule has 0 amide bonds. The highest BCUT2D eigenvalue weighted by Gasteiger charge is 2.11. The van der Waals surface area contributed by atoms with Crippen molar-refractivity contribution in [1.29, 1.82) is 0 Å². The van der Waals surface area contributed by atoms with Crippen LogP contribution in [0.2, 0.25) is 0 Å². The summed E-state index contributed by atoms with van der Waals surface area (Å²) in [5, 5.41) is 14.6. The number of rotatable bonds is 8. The Hall–Kier alpha value is -1.35. The molecule has 0 aliphatic rings. The summed E-state index contributed by atoms with van der Waals surface area (Å²) in [6.45, 7) is 0. The van der Waals surface area contributed by atoms with E-state index in [1.165, 1.54) is 16.3 Å². The van der Waals surface area contributed by atoms with Gasteiger partial charge in [0, 0.05) is 11.3 Å². The van der Waals surface area contributed by atoms with Gasteiger partial charge < -0.3 is 9.90 Å². The van der Waals surface area contributed by atoms with E-state index in [1.807, 2.05) is 18.2 Å². The smallest absolute Gasteiger partial charge is 0.0445 e. The average Bonchev–Trinajstić information content (AvgIpc) is 2.50. The van der Waals surface area contributed by atoms with Crippen molar-refractivity contribution in [3.8, 4) is 0 Å². The molecular weight excluding hydrogens is 328 g/mol.